The van der Waals surface area contributed by atoms with Crippen LogP contribution in [0.2, 0.25) is 0 Å². The Bertz CT molecular complexity index is 2930. The zero-order chi connectivity index (χ0) is 51.0. The van der Waals surface area contributed by atoms with Crippen molar-refractivity contribution in [2.24, 2.45) is 0 Å². The third-order valence-electron chi connectivity index (χ3n) is 13.5. The molecule has 9 rings (SSSR count). The molecule has 0 aliphatic carbocycles. The lowest BCUT2D eigenvalue weighted by atomic mass is 9.87. The fourth-order valence-electron chi connectivity index (χ4n) is 9.08. The highest BCUT2D eigenvalue weighted by Crippen LogP contribution is 2.43. The topological polar surface area (TPSA) is 58.0 Å². The maximum Gasteiger partial charge on any atom is 0.0705 e. The lowest BCUT2D eigenvalue weighted by molar-refractivity contribution is 0.589. The SMILES string of the molecule is CC(C)(C)c1ccnc(-c2cccc(N(c3ccc(N(c4cccc(-c5cc(C(C)(C)C)ccn5)c4)c4cccc(-c5cc(C(C)(C)C)ccn5)c4)cc3)c3cccc(-c4cc(C(C)(C)C)ccn4)c3)c2)c1. The van der Waals surface area contributed by atoms with Crippen LogP contribution in [-0.4, -0.2) is 19.9 Å². The molecule has 0 bridgehead atoms. The summed E-state index contributed by atoms with van der Waals surface area (Å²) in [6, 6.07) is 61.2. The summed E-state index contributed by atoms with van der Waals surface area (Å²) in [6.07, 6.45) is 7.71. The summed E-state index contributed by atoms with van der Waals surface area (Å²) < 4.78 is 0. The molecule has 0 radical (unpaired) electrons. The van der Waals surface area contributed by atoms with Gasteiger partial charge in [0.2, 0.25) is 0 Å². The molecule has 0 amide bonds. The molecule has 0 aliphatic rings. The molecule has 5 aromatic carbocycles. The van der Waals surface area contributed by atoms with Crippen molar-refractivity contribution in [3.05, 3.63) is 217 Å². The van der Waals surface area contributed by atoms with Crippen LogP contribution in [0.1, 0.15) is 105 Å². The van der Waals surface area contributed by atoms with E-state index in [0.29, 0.717) is 0 Å². The first-order valence-corrected chi connectivity index (χ1v) is 25.2. The van der Waals surface area contributed by atoms with Crippen molar-refractivity contribution in [3.8, 4) is 45.0 Å². The zero-order valence-electron chi connectivity index (χ0n) is 44.2. The van der Waals surface area contributed by atoms with E-state index in [4.69, 9.17) is 19.9 Å². The summed E-state index contributed by atoms with van der Waals surface area (Å²) in [5, 5.41) is 0. The number of pyridine rings is 4. The van der Waals surface area contributed by atoms with E-state index in [-0.39, 0.29) is 21.7 Å². The van der Waals surface area contributed by atoms with Gasteiger partial charge in [-0.3, -0.25) is 19.9 Å². The Hall–Kier alpha value is -7.70. The molecule has 0 saturated heterocycles. The van der Waals surface area contributed by atoms with Crippen LogP contribution in [0.15, 0.2) is 195 Å². The molecular weight excluding hydrogens is 877 g/mol. The van der Waals surface area contributed by atoms with Crippen LogP contribution in [-0.2, 0) is 21.7 Å². The van der Waals surface area contributed by atoms with E-state index in [1.165, 1.54) is 22.3 Å². The van der Waals surface area contributed by atoms with Gasteiger partial charge in [0.15, 0.2) is 0 Å². The molecule has 0 aliphatic heterocycles. The average molecular weight is 945 g/mol. The van der Waals surface area contributed by atoms with Crippen LogP contribution in [0.25, 0.3) is 45.0 Å². The first kappa shape index (κ1) is 49.3. The molecule has 72 heavy (non-hydrogen) atoms. The minimum atomic E-state index is -0.0131. The summed E-state index contributed by atoms with van der Waals surface area (Å²) >= 11 is 0. The molecule has 0 atom stereocenters. The number of nitrogens with zero attached hydrogens (tertiary/aromatic N) is 6. The van der Waals surface area contributed by atoms with Crippen LogP contribution >= 0.6 is 0 Å². The van der Waals surface area contributed by atoms with Crippen molar-refractivity contribution in [2.45, 2.75) is 105 Å². The maximum atomic E-state index is 4.88. The Labute approximate surface area is 428 Å². The van der Waals surface area contributed by atoms with E-state index in [1.807, 2.05) is 24.8 Å². The predicted octanol–water partition coefficient (Wildman–Crippen LogP) is 18.1. The smallest absolute Gasteiger partial charge is 0.0705 e. The average Bonchev–Trinajstić information content (AvgIpc) is 3.36. The van der Waals surface area contributed by atoms with E-state index in [2.05, 4.69) is 263 Å². The fraction of sp³-hybridized carbons (Fsp3) is 0.242. The largest absolute Gasteiger partial charge is 0.310 e. The molecule has 0 saturated carbocycles. The number of anilines is 6. The second kappa shape index (κ2) is 19.5. The molecule has 9 aromatic rings. The third kappa shape index (κ3) is 10.9. The van der Waals surface area contributed by atoms with Gasteiger partial charge in [0.05, 0.1) is 22.8 Å². The maximum absolute atomic E-state index is 4.88. The number of hydrogen-bond donors (Lipinski definition) is 0. The van der Waals surface area contributed by atoms with Crippen LogP contribution < -0.4 is 9.80 Å². The summed E-state index contributed by atoms with van der Waals surface area (Å²) in [7, 11) is 0. The van der Waals surface area contributed by atoms with Crippen molar-refractivity contribution in [1.82, 2.24) is 19.9 Å². The highest BCUT2D eigenvalue weighted by molar-refractivity contribution is 5.85. The molecule has 6 nitrogen and oxygen atoms in total. The van der Waals surface area contributed by atoms with Crippen LogP contribution in [0.3, 0.4) is 0 Å². The number of benzene rings is 5. The predicted molar refractivity (Wildman–Crippen MR) is 304 cm³/mol. The minimum absolute atomic E-state index is 0.0131. The summed E-state index contributed by atoms with van der Waals surface area (Å²) in [5.41, 5.74) is 19.0. The van der Waals surface area contributed by atoms with Crippen molar-refractivity contribution in [1.29, 1.82) is 0 Å². The Morgan fingerprint density at radius 2 is 0.472 bits per heavy atom. The van der Waals surface area contributed by atoms with E-state index >= 15 is 0 Å². The van der Waals surface area contributed by atoms with E-state index < -0.39 is 0 Å². The molecule has 0 unspecified atom stereocenters. The molecule has 6 heteroatoms. The van der Waals surface area contributed by atoms with Gasteiger partial charge in [0.25, 0.3) is 0 Å². The number of aromatic nitrogens is 4. The van der Waals surface area contributed by atoms with Crippen LogP contribution in [0.4, 0.5) is 34.1 Å². The van der Waals surface area contributed by atoms with Gasteiger partial charge in [-0.15, -0.1) is 0 Å². The third-order valence-corrected chi connectivity index (χ3v) is 13.5. The Balaban J connectivity index is 1.19. The number of hydrogen-bond acceptors (Lipinski definition) is 6. The minimum Gasteiger partial charge on any atom is -0.310 e. The molecule has 0 N–H and O–H groups in total. The van der Waals surface area contributed by atoms with Gasteiger partial charge in [-0.1, -0.05) is 132 Å². The fourth-order valence-corrected chi connectivity index (χ4v) is 9.08. The van der Waals surface area contributed by atoms with Gasteiger partial charge >= 0.3 is 0 Å². The summed E-state index contributed by atoms with van der Waals surface area (Å²) in [6.45, 7) is 26.9. The van der Waals surface area contributed by atoms with Crippen molar-refractivity contribution in [3.63, 3.8) is 0 Å². The first-order chi connectivity index (χ1) is 34.2. The number of rotatable bonds is 10. The van der Waals surface area contributed by atoms with E-state index in [0.717, 1.165) is 79.2 Å². The molecule has 4 aromatic heterocycles. The van der Waals surface area contributed by atoms with Crippen LogP contribution in [0.5, 0.6) is 0 Å². The zero-order valence-corrected chi connectivity index (χ0v) is 44.2. The standard InChI is InChI=1S/C66H68N6/c1-63(2,3)49-29-33-67-59(41-49)45-17-13-21-55(37-45)71(56-22-14-18-46(38-56)60-42-50(30-34-68-60)64(4,5)6)53-25-27-54(28-26-53)72(57-23-15-19-47(39-57)61-43-51(31-35-69-61)65(7,8)9)58-24-16-20-48(40-58)62-44-52(32-36-70-62)66(10,11)12/h13-44H,1-12H3. The monoisotopic (exact) mass is 945 g/mol. The lowest BCUT2D eigenvalue weighted by Gasteiger charge is -2.29. The normalized spacial score (nSPS) is 12.2. The first-order valence-electron chi connectivity index (χ1n) is 25.2. The second-order valence-electron chi connectivity index (χ2n) is 23.1. The summed E-state index contributed by atoms with van der Waals surface area (Å²) in [5.74, 6) is 0. The van der Waals surface area contributed by atoms with Gasteiger partial charge < -0.3 is 9.80 Å². The lowest BCUT2D eigenvalue weighted by Crippen LogP contribution is -2.13. The quantitative estimate of drug-likeness (QED) is 0.136. The second-order valence-corrected chi connectivity index (χ2v) is 23.1. The molecule has 4 heterocycles. The van der Waals surface area contributed by atoms with Gasteiger partial charge in [-0.05, 0) is 165 Å². The molecular formula is C66H68N6. The summed E-state index contributed by atoms with van der Waals surface area (Å²) in [4.78, 5) is 24.2. The highest BCUT2D eigenvalue weighted by Gasteiger charge is 2.22. The van der Waals surface area contributed by atoms with Crippen LogP contribution in [0, 0.1) is 0 Å². The molecule has 0 fully saturated rings. The van der Waals surface area contributed by atoms with Crippen molar-refractivity contribution >= 4 is 34.1 Å². The van der Waals surface area contributed by atoms with Gasteiger partial charge in [-0.25, -0.2) is 0 Å². The Morgan fingerprint density at radius 1 is 0.250 bits per heavy atom. The van der Waals surface area contributed by atoms with Gasteiger partial charge in [-0.2, -0.15) is 0 Å². The van der Waals surface area contributed by atoms with E-state index in [9.17, 15) is 0 Å². The van der Waals surface area contributed by atoms with E-state index in [1.54, 1.807) is 0 Å². The Morgan fingerprint density at radius 3 is 0.681 bits per heavy atom. The van der Waals surface area contributed by atoms with Gasteiger partial charge in [0.1, 0.15) is 0 Å². The van der Waals surface area contributed by atoms with Crippen molar-refractivity contribution in [2.75, 3.05) is 9.80 Å². The highest BCUT2D eigenvalue weighted by atomic mass is 15.2. The molecule has 0 spiro atoms. The van der Waals surface area contributed by atoms with Gasteiger partial charge in [0, 0.05) is 81.2 Å². The van der Waals surface area contributed by atoms with Crippen molar-refractivity contribution < 1.29 is 0 Å². The Kier molecular flexibility index (Phi) is 13.3. The molecule has 362 valence electrons.